The fourth-order valence-electron chi connectivity index (χ4n) is 4.58. The number of hydrogen-bond donors (Lipinski definition) is 1. The number of methoxy groups -OCH3 is 1. The number of imidazole rings is 1. The van der Waals surface area contributed by atoms with Crippen molar-refractivity contribution in [2.24, 2.45) is 0 Å². The third kappa shape index (κ3) is 4.33. The van der Waals surface area contributed by atoms with Gasteiger partial charge in [-0.3, -0.25) is 0 Å². The minimum Gasteiger partial charge on any atom is -0.480 e. The number of fused-ring (bicyclic) bond motifs is 1. The summed E-state index contributed by atoms with van der Waals surface area (Å²) in [4.78, 5) is 22.9. The van der Waals surface area contributed by atoms with Crippen molar-refractivity contribution in [2.45, 2.75) is 51.8 Å². The van der Waals surface area contributed by atoms with Crippen molar-refractivity contribution in [3.05, 3.63) is 66.1 Å². The monoisotopic (exact) mass is 496 g/mol. The van der Waals surface area contributed by atoms with Crippen LogP contribution in [0.3, 0.4) is 0 Å². The van der Waals surface area contributed by atoms with Gasteiger partial charge < -0.3 is 14.4 Å². The van der Waals surface area contributed by atoms with Gasteiger partial charge in [-0.25, -0.2) is 29.6 Å². The van der Waals surface area contributed by atoms with Crippen molar-refractivity contribution in [1.82, 2.24) is 39.3 Å². The van der Waals surface area contributed by atoms with E-state index in [0.717, 1.165) is 52.1 Å². The number of hydrogen-bond acceptors (Lipinski definition) is 8. The molecule has 0 radical (unpaired) electrons. The Hall–Kier alpha value is -4.18. The van der Waals surface area contributed by atoms with Crippen molar-refractivity contribution in [3.63, 3.8) is 0 Å². The summed E-state index contributed by atoms with van der Waals surface area (Å²) >= 11 is 0. The molecule has 37 heavy (non-hydrogen) atoms. The normalized spacial score (nSPS) is 13.5. The molecule has 1 aliphatic carbocycles. The SMILES string of the molecule is COc1ncnc(C2CC2)c1-c1ncc2cnn(Cc3ccc(-c4nc(CO)cn4C(C)C)cc3)c2n1. The van der Waals surface area contributed by atoms with Crippen LogP contribution in [0.1, 0.15) is 55.6 Å². The number of rotatable bonds is 8. The number of nitrogens with zero attached hydrogens (tertiary/aromatic N) is 8. The molecule has 1 aliphatic rings. The molecule has 0 aliphatic heterocycles. The summed E-state index contributed by atoms with van der Waals surface area (Å²) in [6.45, 7) is 4.68. The highest BCUT2D eigenvalue weighted by Crippen LogP contribution is 2.44. The molecule has 0 bridgehead atoms. The summed E-state index contributed by atoms with van der Waals surface area (Å²) in [6.07, 6.45) is 9.22. The third-order valence-electron chi connectivity index (χ3n) is 6.64. The van der Waals surface area contributed by atoms with E-state index in [1.165, 1.54) is 0 Å². The standard InChI is InChI=1S/C27H28N8O2/c1-16(2)34-13-21(14-36)32-25(34)19-6-4-17(5-7-19)12-35-26-20(11-31-35)10-28-24(33-26)22-23(18-8-9-18)29-15-30-27(22)37-3/h4-7,10-11,13,15-16,18,36H,8-9,12,14H2,1-3H3. The summed E-state index contributed by atoms with van der Waals surface area (Å²) < 4.78 is 9.50. The van der Waals surface area contributed by atoms with E-state index in [2.05, 4.69) is 67.7 Å². The van der Waals surface area contributed by atoms with Crippen molar-refractivity contribution < 1.29 is 9.84 Å². The minimum absolute atomic E-state index is 0.0792. The van der Waals surface area contributed by atoms with Gasteiger partial charge >= 0.3 is 0 Å². The van der Waals surface area contributed by atoms with E-state index < -0.39 is 0 Å². The predicted molar refractivity (Wildman–Crippen MR) is 138 cm³/mol. The smallest absolute Gasteiger partial charge is 0.227 e. The zero-order valence-electron chi connectivity index (χ0n) is 21.0. The second kappa shape index (κ2) is 9.36. The summed E-state index contributed by atoms with van der Waals surface area (Å²) in [5.74, 6) is 2.28. The average molecular weight is 497 g/mol. The average Bonchev–Trinajstić information content (AvgIpc) is 3.56. The molecule has 0 atom stereocenters. The molecule has 4 heterocycles. The molecule has 6 rings (SSSR count). The lowest BCUT2D eigenvalue weighted by molar-refractivity contribution is 0.277. The van der Waals surface area contributed by atoms with Gasteiger partial charge in [0.15, 0.2) is 11.5 Å². The molecule has 0 saturated heterocycles. The van der Waals surface area contributed by atoms with E-state index in [9.17, 15) is 5.11 Å². The highest BCUT2D eigenvalue weighted by Gasteiger charge is 2.31. The maximum atomic E-state index is 9.54. The molecule has 1 fully saturated rings. The molecule has 0 unspecified atom stereocenters. The van der Waals surface area contributed by atoms with Crippen molar-refractivity contribution >= 4 is 11.0 Å². The maximum Gasteiger partial charge on any atom is 0.227 e. The maximum absolute atomic E-state index is 9.54. The molecule has 0 spiro atoms. The van der Waals surface area contributed by atoms with Gasteiger partial charge in [0.2, 0.25) is 5.88 Å². The molecule has 10 heteroatoms. The summed E-state index contributed by atoms with van der Waals surface area (Å²) in [7, 11) is 1.60. The molecule has 1 N–H and O–H groups in total. The molecule has 4 aromatic heterocycles. The fourth-order valence-corrected chi connectivity index (χ4v) is 4.58. The zero-order valence-corrected chi connectivity index (χ0v) is 21.0. The largest absolute Gasteiger partial charge is 0.480 e. The highest BCUT2D eigenvalue weighted by atomic mass is 16.5. The molecule has 0 amide bonds. The molecule has 188 valence electrons. The first-order valence-electron chi connectivity index (χ1n) is 12.4. The van der Waals surface area contributed by atoms with Crippen LogP contribution in [-0.2, 0) is 13.2 Å². The number of ether oxygens (including phenoxy) is 1. The first-order valence-corrected chi connectivity index (χ1v) is 12.4. The second-order valence-electron chi connectivity index (χ2n) is 9.60. The minimum atomic E-state index is -0.0792. The molecular formula is C27H28N8O2. The van der Waals surface area contributed by atoms with E-state index in [4.69, 9.17) is 9.72 Å². The first kappa shape index (κ1) is 23.2. The number of benzene rings is 1. The topological polar surface area (TPSA) is 117 Å². The van der Waals surface area contributed by atoms with Crippen molar-refractivity contribution in [2.75, 3.05) is 7.11 Å². The summed E-state index contributed by atoms with van der Waals surface area (Å²) in [5.41, 5.74) is 5.18. The van der Waals surface area contributed by atoms with Crippen LogP contribution in [-0.4, -0.2) is 51.5 Å². The molecule has 1 aromatic carbocycles. The Morgan fingerprint density at radius 1 is 1.05 bits per heavy atom. The van der Waals surface area contributed by atoms with Gasteiger partial charge in [0.25, 0.3) is 0 Å². The van der Waals surface area contributed by atoms with E-state index in [1.807, 2.05) is 10.9 Å². The predicted octanol–water partition coefficient (Wildman–Crippen LogP) is 4.15. The Kier molecular flexibility index (Phi) is 5.88. The number of aromatic nitrogens is 8. The molecule has 1 saturated carbocycles. The van der Waals surface area contributed by atoms with Gasteiger partial charge in [-0.2, -0.15) is 5.10 Å². The lowest BCUT2D eigenvalue weighted by atomic mass is 10.1. The molecule has 5 aromatic rings. The Morgan fingerprint density at radius 3 is 2.57 bits per heavy atom. The Labute approximate surface area is 214 Å². The van der Waals surface area contributed by atoms with E-state index in [0.29, 0.717) is 29.9 Å². The highest BCUT2D eigenvalue weighted by molar-refractivity contribution is 5.77. The Morgan fingerprint density at radius 2 is 1.86 bits per heavy atom. The summed E-state index contributed by atoms with van der Waals surface area (Å²) in [5, 5.41) is 15.0. The van der Waals surface area contributed by atoms with Crippen LogP contribution in [0, 0.1) is 0 Å². The third-order valence-corrected chi connectivity index (χ3v) is 6.64. The van der Waals surface area contributed by atoms with Gasteiger partial charge in [0, 0.05) is 29.9 Å². The molecule has 10 nitrogen and oxygen atoms in total. The van der Waals surface area contributed by atoms with E-state index in [1.54, 1.807) is 25.8 Å². The number of aliphatic hydroxyl groups is 1. The Bertz CT molecular complexity index is 1570. The van der Waals surface area contributed by atoms with E-state index >= 15 is 0 Å². The van der Waals surface area contributed by atoms with Crippen LogP contribution in [0.4, 0.5) is 0 Å². The van der Waals surface area contributed by atoms with E-state index in [-0.39, 0.29) is 12.6 Å². The quantitative estimate of drug-likeness (QED) is 0.340. The molecular weight excluding hydrogens is 468 g/mol. The Balaban J connectivity index is 1.32. The van der Waals surface area contributed by atoms with Crippen LogP contribution < -0.4 is 4.74 Å². The van der Waals surface area contributed by atoms with Crippen LogP contribution in [0.25, 0.3) is 33.8 Å². The lowest BCUT2D eigenvalue weighted by Crippen LogP contribution is -2.05. The first-order chi connectivity index (χ1) is 18.1. The fraction of sp³-hybridized carbons (Fsp3) is 0.333. The van der Waals surface area contributed by atoms with Crippen molar-refractivity contribution in [1.29, 1.82) is 0 Å². The van der Waals surface area contributed by atoms with Gasteiger partial charge in [-0.05, 0) is 32.3 Å². The van der Waals surface area contributed by atoms with Crippen LogP contribution >= 0.6 is 0 Å². The van der Waals surface area contributed by atoms with Crippen LogP contribution in [0.2, 0.25) is 0 Å². The lowest BCUT2D eigenvalue weighted by Gasteiger charge is -2.12. The van der Waals surface area contributed by atoms with Gasteiger partial charge in [-0.15, -0.1) is 0 Å². The van der Waals surface area contributed by atoms with Crippen LogP contribution in [0.5, 0.6) is 5.88 Å². The second-order valence-corrected chi connectivity index (χ2v) is 9.60. The van der Waals surface area contributed by atoms with Gasteiger partial charge in [-0.1, -0.05) is 24.3 Å². The van der Waals surface area contributed by atoms with Crippen LogP contribution in [0.15, 0.2) is 49.2 Å². The van der Waals surface area contributed by atoms with Gasteiger partial charge in [0.05, 0.1) is 43.2 Å². The van der Waals surface area contributed by atoms with Crippen molar-refractivity contribution in [3.8, 4) is 28.7 Å². The number of aliphatic hydroxyl groups excluding tert-OH is 1. The zero-order chi connectivity index (χ0) is 25.5. The summed E-state index contributed by atoms with van der Waals surface area (Å²) in [6, 6.07) is 8.49. The van der Waals surface area contributed by atoms with Gasteiger partial charge in [0.1, 0.15) is 17.7 Å².